The summed E-state index contributed by atoms with van der Waals surface area (Å²) in [5.41, 5.74) is 3.57. The summed E-state index contributed by atoms with van der Waals surface area (Å²) in [7, 11) is 1.67. The Labute approximate surface area is 126 Å². The topological polar surface area (TPSA) is 30.5 Å². The van der Waals surface area contributed by atoms with Crippen LogP contribution >= 0.6 is 0 Å². The van der Waals surface area contributed by atoms with Crippen molar-refractivity contribution in [2.45, 2.75) is 26.8 Å². The van der Waals surface area contributed by atoms with Gasteiger partial charge >= 0.3 is 0 Å². The third-order valence-corrected chi connectivity index (χ3v) is 3.32. The Morgan fingerprint density at radius 1 is 1.05 bits per heavy atom. The average Bonchev–Trinajstić information content (AvgIpc) is 2.52. The average molecular weight is 285 g/mol. The normalized spacial score (nSPS) is 10.2. The van der Waals surface area contributed by atoms with Crippen molar-refractivity contribution in [3.05, 3.63) is 53.6 Å². The number of benzene rings is 2. The second kappa shape index (κ2) is 7.58. The van der Waals surface area contributed by atoms with Gasteiger partial charge < -0.3 is 14.8 Å². The first-order valence-electron chi connectivity index (χ1n) is 7.33. The minimum absolute atomic E-state index is 0.699. The SMILES string of the molecule is CCCOc1cc(CNc2ccccc2C)ccc1OC. The maximum atomic E-state index is 5.74. The number of rotatable bonds is 7. The van der Waals surface area contributed by atoms with Gasteiger partial charge in [0.05, 0.1) is 13.7 Å². The van der Waals surface area contributed by atoms with Gasteiger partial charge in [0.15, 0.2) is 11.5 Å². The maximum Gasteiger partial charge on any atom is 0.161 e. The van der Waals surface area contributed by atoms with Crippen molar-refractivity contribution in [3.63, 3.8) is 0 Å². The molecule has 0 aromatic heterocycles. The van der Waals surface area contributed by atoms with Crippen LogP contribution in [-0.4, -0.2) is 13.7 Å². The highest BCUT2D eigenvalue weighted by Gasteiger charge is 2.06. The summed E-state index contributed by atoms with van der Waals surface area (Å²) >= 11 is 0. The van der Waals surface area contributed by atoms with Gasteiger partial charge in [0.1, 0.15) is 0 Å². The van der Waals surface area contributed by atoms with E-state index in [1.165, 1.54) is 11.1 Å². The van der Waals surface area contributed by atoms with E-state index in [1.807, 2.05) is 24.3 Å². The highest BCUT2D eigenvalue weighted by Crippen LogP contribution is 2.28. The number of aryl methyl sites for hydroxylation is 1. The van der Waals surface area contributed by atoms with Crippen LogP contribution in [0.15, 0.2) is 42.5 Å². The van der Waals surface area contributed by atoms with Crippen LogP contribution in [0.4, 0.5) is 5.69 Å². The molecule has 0 aliphatic heterocycles. The molecule has 0 spiro atoms. The molecule has 0 saturated carbocycles. The third kappa shape index (κ3) is 4.15. The lowest BCUT2D eigenvalue weighted by Crippen LogP contribution is -2.03. The first-order chi connectivity index (χ1) is 10.2. The largest absolute Gasteiger partial charge is 0.493 e. The molecule has 0 bridgehead atoms. The summed E-state index contributed by atoms with van der Waals surface area (Å²) < 4.78 is 11.1. The molecule has 2 aromatic carbocycles. The van der Waals surface area contributed by atoms with E-state index in [0.29, 0.717) is 6.61 Å². The molecule has 21 heavy (non-hydrogen) atoms. The van der Waals surface area contributed by atoms with Gasteiger partial charge in [-0.05, 0) is 42.7 Å². The van der Waals surface area contributed by atoms with Gasteiger partial charge in [-0.15, -0.1) is 0 Å². The minimum Gasteiger partial charge on any atom is -0.493 e. The smallest absolute Gasteiger partial charge is 0.161 e. The zero-order valence-corrected chi connectivity index (χ0v) is 13.0. The molecule has 0 unspecified atom stereocenters. The molecule has 3 nitrogen and oxygen atoms in total. The fraction of sp³-hybridized carbons (Fsp3) is 0.333. The highest BCUT2D eigenvalue weighted by atomic mass is 16.5. The third-order valence-electron chi connectivity index (χ3n) is 3.32. The van der Waals surface area contributed by atoms with Crippen molar-refractivity contribution in [1.29, 1.82) is 0 Å². The Morgan fingerprint density at radius 2 is 1.86 bits per heavy atom. The second-order valence-electron chi connectivity index (χ2n) is 5.00. The lowest BCUT2D eigenvalue weighted by Gasteiger charge is -2.13. The Kier molecular flexibility index (Phi) is 5.50. The number of methoxy groups -OCH3 is 1. The molecular weight excluding hydrogens is 262 g/mol. The van der Waals surface area contributed by atoms with Crippen molar-refractivity contribution < 1.29 is 9.47 Å². The molecule has 0 atom stereocenters. The number of anilines is 1. The number of hydrogen-bond donors (Lipinski definition) is 1. The molecule has 1 N–H and O–H groups in total. The van der Waals surface area contributed by atoms with E-state index in [0.717, 1.165) is 30.2 Å². The first-order valence-corrected chi connectivity index (χ1v) is 7.33. The van der Waals surface area contributed by atoms with Gasteiger partial charge in [-0.3, -0.25) is 0 Å². The summed E-state index contributed by atoms with van der Waals surface area (Å²) in [5.74, 6) is 1.59. The lowest BCUT2D eigenvalue weighted by molar-refractivity contribution is 0.294. The predicted molar refractivity (Wildman–Crippen MR) is 87.3 cm³/mol. The van der Waals surface area contributed by atoms with E-state index in [4.69, 9.17) is 9.47 Å². The Bertz CT molecular complexity index is 581. The van der Waals surface area contributed by atoms with Crippen molar-refractivity contribution >= 4 is 5.69 Å². The number of nitrogens with one attached hydrogen (secondary N) is 1. The van der Waals surface area contributed by atoms with Gasteiger partial charge in [-0.25, -0.2) is 0 Å². The Morgan fingerprint density at radius 3 is 2.57 bits per heavy atom. The van der Waals surface area contributed by atoms with Crippen molar-refractivity contribution in [2.75, 3.05) is 19.0 Å². The van der Waals surface area contributed by atoms with E-state index >= 15 is 0 Å². The van der Waals surface area contributed by atoms with E-state index in [1.54, 1.807) is 7.11 Å². The molecular formula is C18H23NO2. The number of hydrogen-bond acceptors (Lipinski definition) is 3. The van der Waals surface area contributed by atoms with E-state index < -0.39 is 0 Å². The summed E-state index contributed by atoms with van der Waals surface area (Å²) in [5, 5.41) is 3.45. The van der Waals surface area contributed by atoms with Crippen LogP contribution in [0.5, 0.6) is 11.5 Å². The molecule has 0 aliphatic carbocycles. The second-order valence-corrected chi connectivity index (χ2v) is 5.00. The molecule has 0 fully saturated rings. The summed E-state index contributed by atoms with van der Waals surface area (Å²) in [4.78, 5) is 0. The quantitative estimate of drug-likeness (QED) is 0.817. The zero-order chi connectivity index (χ0) is 15.1. The first kappa shape index (κ1) is 15.2. The van der Waals surface area contributed by atoms with Crippen LogP contribution in [0.3, 0.4) is 0 Å². The standard InChI is InChI=1S/C18H23NO2/c1-4-11-21-18-12-15(9-10-17(18)20-3)13-19-16-8-6-5-7-14(16)2/h5-10,12,19H,4,11,13H2,1-3H3. The summed E-state index contributed by atoms with van der Waals surface area (Å²) in [6.45, 7) is 5.66. The van der Waals surface area contributed by atoms with Crippen LogP contribution in [0.25, 0.3) is 0 Å². The van der Waals surface area contributed by atoms with Gasteiger partial charge in [0.25, 0.3) is 0 Å². The van der Waals surface area contributed by atoms with Crippen LogP contribution in [-0.2, 0) is 6.54 Å². The summed E-state index contributed by atoms with van der Waals surface area (Å²) in [6.07, 6.45) is 0.981. The molecule has 112 valence electrons. The van der Waals surface area contributed by atoms with Crippen LogP contribution in [0.1, 0.15) is 24.5 Å². The fourth-order valence-electron chi connectivity index (χ4n) is 2.12. The van der Waals surface area contributed by atoms with Crippen molar-refractivity contribution in [1.82, 2.24) is 0 Å². The van der Waals surface area contributed by atoms with Gasteiger partial charge in [0, 0.05) is 12.2 Å². The van der Waals surface area contributed by atoms with Gasteiger partial charge in [-0.2, -0.15) is 0 Å². The molecule has 2 aromatic rings. The van der Waals surface area contributed by atoms with Crippen molar-refractivity contribution in [3.8, 4) is 11.5 Å². The molecule has 0 amide bonds. The molecule has 3 heteroatoms. The minimum atomic E-state index is 0.699. The summed E-state index contributed by atoms with van der Waals surface area (Å²) in [6, 6.07) is 14.3. The molecule has 2 rings (SSSR count). The molecule has 0 heterocycles. The zero-order valence-electron chi connectivity index (χ0n) is 13.0. The van der Waals surface area contributed by atoms with Crippen LogP contribution < -0.4 is 14.8 Å². The predicted octanol–water partition coefficient (Wildman–Crippen LogP) is 4.40. The lowest BCUT2D eigenvalue weighted by atomic mass is 10.1. The van der Waals surface area contributed by atoms with E-state index in [-0.39, 0.29) is 0 Å². The Hall–Kier alpha value is -2.16. The number of para-hydroxylation sites is 1. The van der Waals surface area contributed by atoms with E-state index in [9.17, 15) is 0 Å². The monoisotopic (exact) mass is 285 g/mol. The van der Waals surface area contributed by atoms with Crippen molar-refractivity contribution in [2.24, 2.45) is 0 Å². The molecule has 0 aliphatic rings. The van der Waals surface area contributed by atoms with Gasteiger partial charge in [-0.1, -0.05) is 31.2 Å². The molecule has 0 saturated heterocycles. The number of ether oxygens (including phenoxy) is 2. The highest BCUT2D eigenvalue weighted by molar-refractivity contribution is 5.51. The Balaban J connectivity index is 2.08. The maximum absolute atomic E-state index is 5.74. The molecule has 0 radical (unpaired) electrons. The van der Waals surface area contributed by atoms with Gasteiger partial charge in [0.2, 0.25) is 0 Å². The van der Waals surface area contributed by atoms with Crippen LogP contribution in [0, 0.1) is 6.92 Å². The fourth-order valence-corrected chi connectivity index (χ4v) is 2.12. The van der Waals surface area contributed by atoms with E-state index in [2.05, 4.69) is 37.4 Å². The van der Waals surface area contributed by atoms with Crippen LogP contribution in [0.2, 0.25) is 0 Å².